The fraction of sp³-hybridized carbons (Fsp3) is 0.267. The largest absolute Gasteiger partial charge is 0.481 e. The predicted molar refractivity (Wildman–Crippen MR) is 193 cm³/mol. The molecule has 4 amide bonds. The van der Waals surface area contributed by atoms with Gasteiger partial charge in [0.1, 0.15) is 25.9 Å². The van der Waals surface area contributed by atoms with Gasteiger partial charge < -0.3 is 19.7 Å². The second-order valence-electron chi connectivity index (χ2n) is 10.8. The number of urea groups is 2. The van der Waals surface area contributed by atoms with Crippen LogP contribution in [0.5, 0.6) is 11.8 Å². The van der Waals surface area contributed by atoms with E-state index in [-0.39, 0.29) is 34.0 Å². The summed E-state index contributed by atoms with van der Waals surface area (Å²) < 4.78 is 62.3. The first-order chi connectivity index (χ1) is 25.3. The Morgan fingerprint density at radius 3 is 1.85 bits per heavy atom. The molecule has 3 atom stereocenters. The number of carbonyl (C=O) groups excluding carboxylic acids is 2. The fourth-order valence-corrected chi connectivity index (χ4v) is 8.25. The number of benzene rings is 1. The van der Waals surface area contributed by atoms with Crippen LogP contribution in [-0.2, 0) is 24.8 Å². The molecule has 0 saturated heterocycles. The summed E-state index contributed by atoms with van der Waals surface area (Å²) in [6.07, 6.45) is 5.86. The molecule has 0 fully saturated rings. The number of amides is 4. The van der Waals surface area contributed by atoms with Gasteiger partial charge in [0, 0.05) is 12.1 Å². The molecule has 2 aromatic heterocycles. The third-order valence-electron chi connectivity index (χ3n) is 7.44. The summed E-state index contributed by atoms with van der Waals surface area (Å²) in [6, 6.07) is 5.05. The van der Waals surface area contributed by atoms with Crippen LogP contribution in [0.2, 0.25) is 10.3 Å². The standard InChI is InChI=1S/C17H21ClN4O6S.C13H11ClN4O6S/c1-4-10(2)17(8-6-5-7-11(17)14(23)24)29(26,27)22-16(25)21-15-19-12(18)9-13(20-15)28-3;1-24-10-6-9(14)15-12(16-10)17-13(21)18-25(22,23)8-5-3-2-4-7(8)11(19)20/h5-11H,4H2,1-3H3,(H,23,24)(H2,19,20,21,22,25);2-6H,1H3,(H,19,20)(H2,15,16,17,18,21). The first kappa shape index (κ1) is 42.8. The molecule has 1 aromatic carbocycles. The summed E-state index contributed by atoms with van der Waals surface area (Å²) in [5.74, 6) is -5.24. The number of sulfonamides is 2. The van der Waals surface area contributed by atoms with Crippen molar-refractivity contribution in [2.45, 2.75) is 29.9 Å². The fourth-order valence-electron chi connectivity index (χ4n) is 4.86. The van der Waals surface area contributed by atoms with Crippen LogP contribution in [0.1, 0.15) is 30.6 Å². The molecule has 0 radical (unpaired) electrons. The number of hydrogen-bond acceptors (Lipinski definition) is 14. The molecule has 6 N–H and O–H groups in total. The molecule has 290 valence electrons. The topological polar surface area (TPSA) is 295 Å². The highest BCUT2D eigenvalue weighted by Crippen LogP contribution is 2.40. The minimum Gasteiger partial charge on any atom is -0.481 e. The van der Waals surface area contributed by atoms with Gasteiger partial charge in [0.2, 0.25) is 33.7 Å². The number of carboxylic acids is 2. The van der Waals surface area contributed by atoms with E-state index >= 15 is 0 Å². The number of aliphatic carboxylic acids is 1. The van der Waals surface area contributed by atoms with E-state index < -0.39 is 71.1 Å². The van der Waals surface area contributed by atoms with Crippen LogP contribution in [0, 0.1) is 11.8 Å². The zero-order valence-corrected chi connectivity index (χ0v) is 31.6. The number of allylic oxidation sites excluding steroid dienone is 2. The lowest BCUT2D eigenvalue weighted by molar-refractivity contribution is -0.141. The molecule has 24 heteroatoms. The number of nitrogens with one attached hydrogen (secondary N) is 4. The summed E-state index contributed by atoms with van der Waals surface area (Å²) in [5.41, 5.74) is -0.483. The summed E-state index contributed by atoms with van der Waals surface area (Å²) in [5, 5.41) is 22.8. The van der Waals surface area contributed by atoms with Crippen LogP contribution in [0.15, 0.2) is 65.6 Å². The molecule has 2 heterocycles. The number of aromatic carboxylic acids is 1. The predicted octanol–water partition coefficient (Wildman–Crippen LogP) is 3.55. The van der Waals surface area contributed by atoms with Crippen molar-refractivity contribution in [1.82, 2.24) is 29.4 Å². The van der Waals surface area contributed by atoms with Crippen LogP contribution in [-0.4, -0.2) is 90.0 Å². The molecule has 3 aromatic rings. The lowest BCUT2D eigenvalue weighted by Crippen LogP contribution is -2.58. The highest BCUT2D eigenvalue weighted by Gasteiger charge is 2.55. The average molecular weight is 832 g/mol. The van der Waals surface area contributed by atoms with E-state index in [1.165, 1.54) is 62.8 Å². The third-order valence-corrected chi connectivity index (χ3v) is 11.4. The maximum atomic E-state index is 13.2. The van der Waals surface area contributed by atoms with E-state index in [4.69, 9.17) is 37.8 Å². The number of aromatic nitrogens is 4. The van der Waals surface area contributed by atoms with Gasteiger partial charge in [-0.3, -0.25) is 15.4 Å². The van der Waals surface area contributed by atoms with Crippen molar-refractivity contribution < 1.29 is 55.7 Å². The van der Waals surface area contributed by atoms with E-state index in [2.05, 4.69) is 30.6 Å². The number of carbonyl (C=O) groups is 4. The minimum absolute atomic E-state index is 0.0302. The summed E-state index contributed by atoms with van der Waals surface area (Å²) >= 11 is 11.5. The zero-order valence-electron chi connectivity index (χ0n) is 28.5. The summed E-state index contributed by atoms with van der Waals surface area (Å²) in [6.45, 7) is 3.35. The number of ether oxygens (including phenoxy) is 2. The lowest BCUT2D eigenvalue weighted by Gasteiger charge is -2.39. The highest BCUT2D eigenvalue weighted by atomic mass is 35.5. The summed E-state index contributed by atoms with van der Waals surface area (Å²) in [4.78, 5) is 61.6. The normalized spacial score (nSPS) is 16.8. The van der Waals surface area contributed by atoms with Gasteiger partial charge in [0.05, 0.1) is 19.8 Å². The molecule has 0 bridgehead atoms. The Kier molecular flexibility index (Phi) is 14.2. The second kappa shape index (κ2) is 18.0. The number of anilines is 2. The molecular formula is C30H32Cl2N8O12S2. The molecule has 0 aliphatic heterocycles. The smallest absolute Gasteiger partial charge is 0.337 e. The molecule has 20 nitrogen and oxygen atoms in total. The lowest BCUT2D eigenvalue weighted by atomic mass is 9.77. The van der Waals surface area contributed by atoms with Crippen molar-refractivity contribution in [3.05, 3.63) is 76.6 Å². The van der Waals surface area contributed by atoms with Gasteiger partial charge in [-0.15, -0.1) is 0 Å². The number of carboxylic acid groups (broad SMARTS) is 2. The van der Waals surface area contributed by atoms with Crippen molar-refractivity contribution in [2.24, 2.45) is 11.8 Å². The molecule has 1 aliphatic carbocycles. The number of nitrogens with zero attached hydrogens (tertiary/aromatic N) is 4. The van der Waals surface area contributed by atoms with Gasteiger partial charge in [-0.05, 0) is 18.1 Å². The number of hydrogen-bond donors (Lipinski definition) is 6. The van der Waals surface area contributed by atoms with Crippen LogP contribution in [0.4, 0.5) is 21.5 Å². The molecule has 3 unspecified atom stereocenters. The van der Waals surface area contributed by atoms with Gasteiger partial charge >= 0.3 is 24.0 Å². The Balaban J connectivity index is 0.000000294. The summed E-state index contributed by atoms with van der Waals surface area (Å²) in [7, 11) is -6.29. The van der Waals surface area contributed by atoms with Gasteiger partial charge in [-0.25, -0.2) is 50.6 Å². The quantitative estimate of drug-likeness (QED) is 0.142. The molecule has 0 spiro atoms. The van der Waals surface area contributed by atoms with Crippen LogP contribution in [0.25, 0.3) is 0 Å². The van der Waals surface area contributed by atoms with E-state index in [0.29, 0.717) is 6.42 Å². The molecule has 0 saturated carbocycles. The van der Waals surface area contributed by atoms with Crippen molar-refractivity contribution >= 4 is 79.1 Å². The Hall–Kier alpha value is -5.58. The van der Waals surface area contributed by atoms with Crippen molar-refractivity contribution in [2.75, 3.05) is 24.9 Å². The van der Waals surface area contributed by atoms with E-state index in [9.17, 15) is 41.1 Å². The Morgan fingerprint density at radius 1 is 0.852 bits per heavy atom. The first-order valence-corrected chi connectivity index (χ1v) is 18.8. The molecular weight excluding hydrogens is 799 g/mol. The molecule has 4 rings (SSSR count). The van der Waals surface area contributed by atoms with E-state index in [1.807, 2.05) is 4.72 Å². The molecule has 1 aliphatic rings. The SMILES string of the molecule is CCC(C)C1(S(=O)(=O)NC(=O)Nc2nc(Cl)cc(OC)n2)C=CC=CC1C(=O)O.COc1cc(Cl)nc(NC(=O)NS(=O)(=O)c2ccccc2C(=O)O)n1. The Morgan fingerprint density at radius 2 is 1.37 bits per heavy atom. The van der Waals surface area contributed by atoms with Gasteiger partial charge in [-0.1, -0.05) is 79.9 Å². The van der Waals surface area contributed by atoms with E-state index in [1.54, 1.807) is 18.6 Å². The number of halogens is 2. The average Bonchev–Trinajstić information content (AvgIpc) is 3.10. The van der Waals surface area contributed by atoms with Gasteiger partial charge in [0.25, 0.3) is 10.0 Å². The zero-order chi connectivity index (χ0) is 40.4. The van der Waals surface area contributed by atoms with Crippen molar-refractivity contribution in [3.63, 3.8) is 0 Å². The van der Waals surface area contributed by atoms with Crippen LogP contribution < -0.4 is 29.6 Å². The van der Waals surface area contributed by atoms with Crippen LogP contribution >= 0.6 is 23.2 Å². The minimum atomic E-state index is -4.50. The maximum Gasteiger partial charge on any atom is 0.337 e. The van der Waals surface area contributed by atoms with Gasteiger partial charge in [-0.2, -0.15) is 9.97 Å². The number of rotatable bonds is 12. The second-order valence-corrected chi connectivity index (χ2v) is 15.1. The maximum absolute atomic E-state index is 13.2. The van der Waals surface area contributed by atoms with Crippen molar-refractivity contribution in [1.29, 1.82) is 0 Å². The molecule has 54 heavy (non-hydrogen) atoms. The Bertz CT molecular complexity index is 2210. The first-order valence-electron chi connectivity index (χ1n) is 15.1. The third kappa shape index (κ3) is 10.3. The van der Waals surface area contributed by atoms with Gasteiger partial charge in [0.15, 0.2) is 0 Å². The number of methoxy groups -OCH3 is 2. The highest BCUT2D eigenvalue weighted by molar-refractivity contribution is 7.91. The van der Waals surface area contributed by atoms with E-state index in [0.717, 1.165) is 12.1 Å². The van der Waals surface area contributed by atoms with Crippen molar-refractivity contribution in [3.8, 4) is 11.8 Å². The monoisotopic (exact) mass is 830 g/mol. The van der Waals surface area contributed by atoms with Crippen LogP contribution in [0.3, 0.4) is 0 Å². The Labute approximate surface area is 318 Å².